The molecule has 1 N–H and O–H groups in total. The highest BCUT2D eigenvalue weighted by molar-refractivity contribution is 6.00. The van der Waals surface area contributed by atoms with Crippen LogP contribution in [0.1, 0.15) is 31.4 Å². The number of aromatic nitrogens is 1. The van der Waals surface area contributed by atoms with Crippen LogP contribution in [0.15, 0.2) is 21.3 Å². The highest BCUT2D eigenvalue weighted by Gasteiger charge is 2.31. The molecule has 1 aliphatic heterocycles. The van der Waals surface area contributed by atoms with Crippen molar-refractivity contribution in [2.45, 2.75) is 32.2 Å². The molecule has 2 heterocycles. The number of amides is 2. The fraction of sp³-hybridized carbons (Fsp3) is 0.357. The van der Waals surface area contributed by atoms with E-state index >= 15 is 0 Å². The van der Waals surface area contributed by atoms with Gasteiger partial charge in [-0.2, -0.15) is 0 Å². The maximum atomic E-state index is 14.2. The number of oxazole rings is 1. The molecule has 1 unspecified atom stereocenters. The van der Waals surface area contributed by atoms with Gasteiger partial charge in [0.2, 0.25) is 11.8 Å². The maximum absolute atomic E-state index is 14.2. The van der Waals surface area contributed by atoms with Crippen LogP contribution >= 0.6 is 0 Å². The summed E-state index contributed by atoms with van der Waals surface area (Å²) in [5.74, 6) is -2.34. The second kappa shape index (κ2) is 4.83. The van der Waals surface area contributed by atoms with Crippen molar-refractivity contribution >= 4 is 22.9 Å². The maximum Gasteiger partial charge on any atom is 0.420 e. The van der Waals surface area contributed by atoms with Crippen molar-refractivity contribution in [3.63, 3.8) is 0 Å². The first-order valence-electron chi connectivity index (χ1n) is 6.69. The van der Waals surface area contributed by atoms with Gasteiger partial charge in [-0.05, 0) is 24.5 Å². The molecule has 3 rings (SSSR count). The molecule has 1 fully saturated rings. The third-order valence-corrected chi connectivity index (χ3v) is 3.70. The Balaban J connectivity index is 2.17. The van der Waals surface area contributed by atoms with Gasteiger partial charge < -0.3 is 4.42 Å². The average Bonchev–Trinajstić information content (AvgIpc) is 2.77. The summed E-state index contributed by atoms with van der Waals surface area (Å²) in [4.78, 5) is 35.0. The Bertz CT molecular complexity index is 805. The summed E-state index contributed by atoms with van der Waals surface area (Å²) < 4.78 is 20.3. The largest absolute Gasteiger partial charge is 0.420 e. The van der Waals surface area contributed by atoms with E-state index in [2.05, 4.69) is 5.32 Å². The van der Waals surface area contributed by atoms with Gasteiger partial charge in [0, 0.05) is 6.42 Å². The van der Waals surface area contributed by atoms with Gasteiger partial charge in [-0.3, -0.25) is 19.5 Å². The lowest BCUT2D eigenvalue weighted by Crippen LogP contribution is -2.43. The number of nitrogens with one attached hydrogen (secondary N) is 1. The van der Waals surface area contributed by atoms with Crippen molar-refractivity contribution in [1.29, 1.82) is 0 Å². The van der Waals surface area contributed by atoms with Crippen LogP contribution in [-0.2, 0) is 16.0 Å². The van der Waals surface area contributed by atoms with Crippen molar-refractivity contribution < 1.29 is 18.4 Å². The van der Waals surface area contributed by atoms with Crippen molar-refractivity contribution in [1.82, 2.24) is 9.88 Å². The van der Waals surface area contributed by atoms with E-state index in [1.807, 2.05) is 0 Å². The van der Waals surface area contributed by atoms with Crippen molar-refractivity contribution in [3.05, 3.63) is 34.1 Å². The van der Waals surface area contributed by atoms with E-state index in [0.29, 0.717) is 12.0 Å². The molecule has 2 aromatic rings. The van der Waals surface area contributed by atoms with Gasteiger partial charge in [-0.15, -0.1) is 0 Å². The normalized spacial score (nSPS) is 19.0. The van der Waals surface area contributed by atoms with Crippen molar-refractivity contribution in [2.24, 2.45) is 0 Å². The Hall–Kier alpha value is -2.44. The van der Waals surface area contributed by atoms with Crippen molar-refractivity contribution in [2.75, 3.05) is 0 Å². The number of hydrogen-bond acceptors (Lipinski definition) is 4. The molecule has 1 saturated heterocycles. The van der Waals surface area contributed by atoms with Crippen LogP contribution in [0.3, 0.4) is 0 Å². The Morgan fingerprint density at radius 3 is 2.81 bits per heavy atom. The number of benzene rings is 1. The fourth-order valence-corrected chi connectivity index (χ4v) is 2.60. The minimum Gasteiger partial charge on any atom is -0.405 e. The van der Waals surface area contributed by atoms with Gasteiger partial charge in [0.05, 0.1) is 5.52 Å². The summed E-state index contributed by atoms with van der Waals surface area (Å²) in [5, 5.41) is 2.17. The zero-order valence-corrected chi connectivity index (χ0v) is 11.3. The molecule has 0 radical (unpaired) electrons. The Morgan fingerprint density at radius 2 is 2.14 bits per heavy atom. The number of carbonyl (C=O) groups excluding carboxylic acids is 2. The van der Waals surface area contributed by atoms with E-state index in [1.54, 1.807) is 19.1 Å². The molecular formula is C14H13FN2O4. The molecule has 7 heteroatoms. The summed E-state index contributed by atoms with van der Waals surface area (Å²) >= 11 is 0. The van der Waals surface area contributed by atoms with Gasteiger partial charge in [-0.1, -0.05) is 13.0 Å². The standard InChI is InChI=1S/C14H13FN2O4/c1-2-7-3-4-8-12(11(7)15)21-14(20)17(8)9-5-6-10(18)16-13(9)19/h3-4,9H,2,5-6H2,1H3,(H,16,18,19). The molecule has 1 atom stereocenters. The van der Waals surface area contributed by atoms with Gasteiger partial charge in [0.1, 0.15) is 6.04 Å². The molecule has 0 bridgehead atoms. The molecule has 0 aliphatic carbocycles. The molecule has 21 heavy (non-hydrogen) atoms. The Labute approximate surface area is 118 Å². The number of halogens is 1. The summed E-state index contributed by atoms with van der Waals surface area (Å²) in [7, 11) is 0. The first kappa shape index (κ1) is 13.5. The summed E-state index contributed by atoms with van der Waals surface area (Å²) in [6, 6.07) is 2.27. The molecule has 1 aliphatic rings. The number of nitrogens with zero attached hydrogens (tertiary/aromatic N) is 1. The second-order valence-electron chi connectivity index (χ2n) is 4.95. The second-order valence-corrected chi connectivity index (χ2v) is 4.95. The first-order valence-corrected chi connectivity index (χ1v) is 6.69. The lowest BCUT2D eigenvalue weighted by molar-refractivity contribution is -0.135. The van der Waals surface area contributed by atoms with Gasteiger partial charge in [-0.25, -0.2) is 9.18 Å². The molecule has 110 valence electrons. The number of fused-ring (bicyclic) bond motifs is 1. The quantitative estimate of drug-likeness (QED) is 0.845. The third-order valence-electron chi connectivity index (χ3n) is 3.70. The van der Waals surface area contributed by atoms with E-state index in [-0.39, 0.29) is 29.8 Å². The van der Waals surface area contributed by atoms with Crippen LogP contribution in [0.2, 0.25) is 0 Å². The topological polar surface area (TPSA) is 81.3 Å². The lowest BCUT2D eigenvalue weighted by atomic mass is 10.1. The number of carbonyl (C=O) groups is 2. The smallest absolute Gasteiger partial charge is 0.405 e. The van der Waals surface area contributed by atoms with Crippen LogP contribution in [-0.4, -0.2) is 16.4 Å². The molecule has 1 aromatic carbocycles. The van der Waals surface area contributed by atoms with E-state index in [4.69, 9.17) is 4.42 Å². The predicted octanol–water partition coefficient (Wildman–Crippen LogP) is 1.27. The molecule has 6 nitrogen and oxygen atoms in total. The zero-order valence-electron chi connectivity index (χ0n) is 11.3. The van der Waals surface area contributed by atoms with E-state index < -0.39 is 23.5 Å². The first-order chi connectivity index (χ1) is 10.0. The Morgan fingerprint density at radius 1 is 1.38 bits per heavy atom. The molecule has 0 spiro atoms. The van der Waals surface area contributed by atoms with Crippen LogP contribution < -0.4 is 11.1 Å². The van der Waals surface area contributed by atoms with Gasteiger partial charge >= 0.3 is 5.76 Å². The molecule has 1 aromatic heterocycles. The van der Waals surface area contributed by atoms with Crippen LogP contribution in [0.5, 0.6) is 0 Å². The number of rotatable bonds is 2. The number of piperidine rings is 1. The van der Waals surface area contributed by atoms with Gasteiger partial charge in [0.15, 0.2) is 11.4 Å². The third kappa shape index (κ3) is 2.05. The SMILES string of the molecule is CCc1ccc2c(oc(=O)n2C2CCC(=O)NC2=O)c1F. The summed E-state index contributed by atoms with van der Waals surface area (Å²) in [5.41, 5.74) is 0.514. The van der Waals surface area contributed by atoms with E-state index in [0.717, 1.165) is 4.57 Å². The van der Waals surface area contributed by atoms with Crippen LogP contribution in [0.4, 0.5) is 4.39 Å². The van der Waals surface area contributed by atoms with Crippen LogP contribution in [0.25, 0.3) is 11.1 Å². The lowest BCUT2D eigenvalue weighted by Gasteiger charge is -2.21. The number of aryl methyl sites for hydroxylation is 1. The minimum absolute atomic E-state index is 0.130. The van der Waals surface area contributed by atoms with Crippen LogP contribution in [0, 0.1) is 5.82 Å². The molecule has 0 saturated carbocycles. The molecule has 2 amide bonds. The number of hydrogen-bond donors (Lipinski definition) is 1. The highest BCUT2D eigenvalue weighted by atomic mass is 19.1. The van der Waals surface area contributed by atoms with Gasteiger partial charge in [0.25, 0.3) is 0 Å². The summed E-state index contributed by atoms with van der Waals surface area (Å²) in [6.07, 6.45) is 0.788. The Kier molecular flexibility index (Phi) is 3.12. The van der Waals surface area contributed by atoms with E-state index in [1.165, 1.54) is 0 Å². The monoisotopic (exact) mass is 292 g/mol. The van der Waals surface area contributed by atoms with E-state index in [9.17, 15) is 18.8 Å². The number of imide groups is 1. The highest BCUT2D eigenvalue weighted by Crippen LogP contribution is 2.26. The average molecular weight is 292 g/mol. The van der Waals surface area contributed by atoms with Crippen molar-refractivity contribution in [3.8, 4) is 0 Å². The summed E-state index contributed by atoms with van der Waals surface area (Å²) in [6.45, 7) is 1.79. The zero-order chi connectivity index (χ0) is 15.1. The molecular weight excluding hydrogens is 279 g/mol. The fourth-order valence-electron chi connectivity index (χ4n) is 2.60. The minimum atomic E-state index is -0.858. The predicted molar refractivity (Wildman–Crippen MR) is 71.2 cm³/mol.